The number of rotatable bonds is 6. The second kappa shape index (κ2) is 8.70. The van der Waals surface area contributed by atoms with Gasteiger partial charge in [0.1, 0.15) is 11.9 Å². The minimum atomic E-state index is 0.0569. The Hall–Kier alpha value is -1.55. The molecule has 0 radical (unpaired) electrons. The molecule has 1 aliphatic rings. The van der Waals surface area contributed by atoms with Gasteiger partial charge in [0.15, 0.2) is 0 Å². The number of nitrogens with zero attached hydrogens (tertiary/aromatic N) is 2. The lowest BCUT2D eigenvalue weighted by atomic mass is 10.1. The number of likely N-dealkylation sites (N-methyl/N-ethyl adjacent to an activating group) is 1. The average molecular weight is 359 g/mol. The highest BCUT2D eigenvalue weighted by Gasteiger charge is 2.18. The Bertz CT molecular complexity index is 669. The first-order chi connectivity index (χ1) is 12.1. The Morgan fingerprint density at radius 2 is 1.76 bits per heavy atom. The standard InChI is InChI=1S/C21H27ClN2O/c1-17-16-19(8-9-20(17)22)25-21(18-6-4-3-5-7-18)10-11-24-14-12-23(2)13-15-24/h3-9,16,21H,10-15H2,1-2H3/t21-/m0/s1. The Kier molecular flexibility index (Phi) is 6.35. The molecule has 0 bridgehead atoms. The fraction of sp³-hybridized carbons (Fsp3) is 0.429. The largest absolute Gasteiger partial charge is 0.486 e. The molecule has 0 unspecified atom stereocenters. The minimum absolute atomic E-state index is 0.0569. The third kappa shape index (κ3) is 5.21. The number of piperazine rings is 1. The summed E-state index contributed by atoms with van der Waals surface area (Å²) in [4.78, 5) is 4.92. The Morgan fingerprint density at radius 1 is 1.04 bits per heavy atom. The summed E-state index contributed by atoms with van der Waals surface area (Å²) in [5.74, 6) is 0.883. The predicted molar refractivity (Wildman–Crippen MR) is 105 cm³/mol. The lowest BCUT2D eigenvalue weighted by Gasteiger charge is -2.33. The first-order valence-electron chi connectivity index (χ1n) is 9.00. The topological polar surface area (TPSA) is 15.7 Å². The van der Waals surface area contributed by atoms with Crippen molar-refractivity contribution in [2.75, 3.05) is 39.8 Å². The number of halogens is 1. The van der Waals surface area contributed by atoms with Crippen LogP contribution in [0, 0.1) is 6.92 Å². The van der Waals surface area contributed by atoms with Crippen LogP contribution in [0.3, 0.4) is 0 Å². The zero-order chi connectivity index (χ0) is 17.6. The lowest BCUT2D eigenvalue weighted by Crippen LogP contribution is -2.45. The Labute approximate surface area is 156 Å². The van der Waals surface area contributed by atoms with Gasteiger partial charge >= 0.3 is 0 Å². The summed E-state index contributed by atoms with van der Waals surface area (Å²) in [7, 11) is 2.19. The molecule has 0 aromatic heterocycles. The summed E-state index contributed by atoms with van der Waals surface area (Å²) in [5, 5.41) is 0.779. The van der Waals surface area contributed by atoms with Crippen LogP contribution in [0.15, 0.2) is 48.5 Å². The van der Waals surface area contributed by atoms with Crippen LogP contribution in [-0.4, -0.2) is 49.6 Å². The van der Waals surface area contributed by atoms with Gasteiger partial charge in [-0.25, -0.2) is 0 Å². The molecule has 0 spiro atoms. The van der Waals surface area contributed by atoms with Crippen molar-refractivity contribution in [2.24, 2.45) is 0 Å². The molecule has 1 saturated heterocycles. The van der Waals surface area contributed by atoms with E-state index in [4.69, 9.17) is 16.3 Å². The summed E-state index contributed by atoms with van der Waals surface area (Å²) in [6.07, 6.45) is 1.04. The number of benzene rings is 2. The van der Waals surface area contributed by atoms with Gasteiger partial charge in [-0.05, 0) is 43.3 Å². The van der Waals surface area contributed by atoms with Crippen molar-refractivity contribution in [2.45, 2.75) is 19.4 Å². The molecule has 1 atom stereocenters. The maximum atomic E-state index is 6.35. The number of aryl methyl sites for hydroxylation is 1. The lowest BCUT2D eigenvalue weighted by molar-refractivity contribution is 0.123. The summed E-state index contributed by atoms with van der Waals surface area (Å²) < 4.78 is 6.35. The molecule has 0 saturated carbocycles. The van der Waals surface area contributed by atoms with Gasteiger partial charge in [-0.1, -0.05) is 41.9 Å². The fourth-order valence-corrected chi connectivity index (χ4v) is 3.30. The van der Waals surface area contributed by atoms with Crippen molar-refractivity contribution in [3.63, 3.8) is 0 Å². The maximum Gasteiger partial charge on any atom is 0.125 e. The van der Waals surface area contributed by atoms with Crippen LogP contribution in [0.4, 0.5) is 0 Å². The van der Waals surface area contributed by atoms with E-state index in [1.54, 1.807) is 0 Å². The molecule has 3 nitrogen and oxygen atoms in total. The fourth-order valence-electron chi connectivity index (χ4n) is 3.19. The van der Waals surface area contributed by atoms with E-state index in [-0.39, 0.29) is 6.10 Å². The Morgan fingerprint density at radius 3 is 2.44 bits per heavy atom. The van der Waals surface area contributed by atoms with Crippen molar-refractivity contribution < 1.29 is 4.74 Å². The highest BCUT2D eigenvalue weighted by Crippen LogP contribution is 2.28. The van der Waals surface area contributed by atoms with Gasteiger partial charge in [0.05, 0.1) is 0 Å². The molecule has 3 rings (SSSR count). The molecule has 1 heterocycles. The summed E-state index contributed by atoms with van der Waals surface area (Å²) in [6.45, 7) is 7.63. The molecule has 2 aromatic carbocycles. The maximum absolute atomic E-state index is 6.35. The first kappa shape index (κ1) is 18.2. The van der Waals surface area contributed by atoms with Gasteiger partial charge in [-0.3, -0.25) is 0 Å². The van der Waals surface area contributed by atoms with E-state index in [0.29, 0.717) is 0 Å². The smallest absolute Gasteiger partial charge is 0.125 e. The van der Waals surface area contributed by atoms with Crippen molar-refractivity contribution in [1.82, 2.24) is 9.80 Å². The number of hydrogen-bond donors (Lipinski definition) is 0. The normalized spacial score (nSPS) is 17.4. The van der Waals surface area contributed by atoms with E-state index in [0.717, 1.165) is 55.5 Å². The van der Waals surface area contributed by atoms with Crippen LogP contribution >= 0.6 is 11.6 Å². The molecule has 0 aliphatic carbocycles. The van der Waals surface area contributed by atoms with Crippen molar-refractivity contribution >= 4 is 11.6 Å². The second-order valence-electron chi connectivity index (χ2n) is 6.86. The van der Waals surface area contributed by atoms with Crippen molar-refractivity contribution in [1.29, 1.82) is 0 Å². The minimum Gasteiger partial charge on any atom is -0.486 e. The van der Waals surface area contributed by atoms with Crippen LogP contribution in [0.2, 0.25) is 5.02 Å². The van der Waals surface area contributed by atoms with Gasteiger partial charge in [0.25, 0.3) is 0 Å². The van der Waals surface area contributed by atoms with Gasteiger partial charge < -0.3 is 14.5 Å². The Balaban J connectivity index is 1.68. The number of hydrogen-bond acceptors (Lipinski definition) is 3. The van der Waals surface area contributed by atoms with Crippen LogP contribution in [0.1, 0.15) is 23.7 Å². The molecular formula is C21H27ClN2O. The van der Waals surface area contributed by atoms with Gasteiger partial charge in [0.2, 0.25) is 0 Å². The second-order valence-corrected chi connectivity index (χ2v) is 7.27. The molecule has 4 heteroatoms. The highest BCUT2D eigenvalue weighted by atomic mass is 35.5. The van der Waals surface area contributed by atoms with E-state index in [9.17, 15) is 0 Å². The summed E-state index contributed by atoms with van der Waals surface area (Å²) in [5.41, 5.74) is 2.27. The highest BCUT2D eigenvalue weighted by molar-refractivity contribution is 6.31. The molecule has 0 amide bonds. The predicted octanol–water partition coefficient (Wildman–Crippen LogP) is 4.41. The molecule has 2 aromatic rings. The van der Waals surface area contributed by atoms with Gasteiger partial charge in [0, 0.05) is 44.2 Å². The van der Waals surface area contributed by atoms with Gasteiger partial charge in [-0.15, -0.1) is 0 Å². The van der Waals surface area contributed by atoms with Crippen LogP contribution < -0.4 is 4.74 Å². The van der Waals surface area contributed by atoms with E-state index in [1.165, 1.54) is 5.56 Å². The molecule has 1 fully saturated rings. The molecule has 134 valence electrons. The quantitative estimate of drug-likeness (QED) is 0.760. The van der Waals surface area contributed by atoms with Crippen molar-refractivity contribution in [3.05, 3.63) is 64.7 Å². The zero-order valence-electron chi connectivity index (χ0n) is 15.1. The molecule has 1 aliphatic heterocycles. The monoisotopic (exact) mass is 358 g/mol. The summed E-state index contributed by atoms with van der Waals surface area (Å²) >= 11 is 6.14. The van der Waals surface area contributed by atoms with Gasteiger partial charge in [-0.2, -0.15) is 0 Å². The summed E-state index contributed by atoms with van der Waals surface area (Å²) in [6, 6.07) is 16.4. The van der Waals surface area contributed by atoms with E-state index in [2.05, 4.69) is 41.1 Å². The van der Waals surface area contributed by atoms with E-state index < -0.39 is 0 Å². The number of ether oxygens (including phenoxy) is 1. The van der Waals surface area contributed by atoms with E-state index in [1.807, 2.05) is 31.2 Å². The van der Waals surface area contributed by atoms with Crippen LogP contribution in [0.5, 0.6) is 5.75 Å². The third-order valence-electron chi connectivity index (χ3n) is 4.88. The van der Waals surface area contributed by atoms with Crippen LogP contribution in [0.25, 0.3) is 0 Å². The third-order valence-corrected chi connectivity index (χ3v) is 5.31. The average Bonchev–Trinajstić information content (AvgIpc) is 2.63. The van der Waals surface area contributed by atoms with Crippen molar-refractivity contribution in [3.8, 4) is 5.75 Å². The van der Waals surface area contributed by atoms with Crippen LogP contribution in [-0.2, 0) is 0 Å². The molecule has 0 N–H and O–H groups in total. The SMILES string of the molecule is Cc1cc(O[C@@H](CCN2CCN(C)CC2)c2ccccc2)ccc1Cl. The zero-order valence-corrected chi connectivity index (χ0v) is 15.9. The molecule has 25 heavy (non-hydrogen) atoms. The van der Waals surface area contributed by atoms with E-state index >= 15 is 0 Å². The molecular weight excluding hydrogens is 332 g/mol. The first-order valence-corrected chi connectivity index (χ1v) is 9.38.